The lowest BCUT2D eigenvalue weighted by atomic mass is 10.0. The number of fused-ring (bicyclic) bond motifs is 1. The highest BCUT2D eigenvalue weighted by Gasteiger charge is 2.37. The van der Waals surface area contributed by atoms with E-state index >= 15 is 0 Å². The molecule has 0 saturated carbocycles. The largest absolute Gasteiger partial charge is 0.416 e. The minimum atomic E-state index is -5.11. The molecule has 3 rings (SSSR count). The maximum Gasteiger partial charge on any atom is 0.416 e. The fourth-order valence-corrected chi connectivity index (χ4v) is 3.66. The van der Waals surface area contributed by atoms with Gasteiger partial charge in [-0.05, 0) is 36.4 Å². The zero-order chi connectivity index (χ0) is 23.7. The fraction of sp³-hybridized carbons (Fsp3) is 0.222. The number of hydrogen-bond acceptors (Lipinski definition) is 4. The summed E-state index contributed by atoms with van der Waals surface area (Å²) in [4.78, 5) is 12.1. The maximum atomic E-state index is 12.9. The second-order valence-corrected chi connectivity index (χ2v) is 8.43. The number of carbonyl (C=O) groups excluding carboxylic acids is 1. The molecule has 0 spiro atoms. The van der Waals surface area contributed by atoms with E-state index in [9.17, 15) is 39.6 Å². The van der Waals surface area contributed by atoms with E-state index in [0.29, 0.717) is 5.52 Å². The number of sulfonamides is 1. The van der Waals surface area contributed by atoms with Crippen molar-refractivity contribution in [1.29, 1.82) is 0 Å². The molecular weight excluding hydrogens is 466 g/mol. The topological polar surface area (TPSA) is 92.6 Å². The van der Waals surface area contributed by atoms with Gasteiger partial charge in [0.05, 0.1) is 28.1 Å². The number of halogens is 6. The number of anilines is 1. The molecule has 32 heavy (non-hydrogen) atoms. The summed E-state index contributed by atoms with van der Waals surface area (Å²) in [5.41, 5.74) is -3.40. The Hall–Kier alpha value is -3.29. The molecule has 2 aromatic heterocycles. The smallest absolute Gasteiger partial charge is 0.351 e. The minimum Gasteiger partial charge on any atom is -0.351 e. The lowest BCUT2D eigenvalue weighted by Crippen LogP contribution is -2.31. The number of nitrogens with one attached hydrogen (secondary N) is 2. The first-order valence-electron chi connectivity index (χ1n) is 8.76. The third-order valence-electron chi connectivity index (χ3n) is 4.18. The van der Waals surface area contributed by atoms with Crippen LogP contribution in [0.4, 0.5) is 32.0 Å². The van der Waals surface area contributed by atoms with Crippen LogP contribution in [0.25, 0.3) is 5.52 Å². The molecule has 0 aliphatic heterocycles. The predicted octanol–water partition coefficient (Wildman–Crippen LogP) is 3.54. The summed E-state index contributed by atoms with van der Waals surface area (Å²) in [6, 6.07) is 4.96. The Bertz CT molecular complexity index is 1220. The highest BCUT2D eigenvalue weighted by molar-refractivity contribution is 7.92. The zero-order valence-electron chi connectivity index (χ0n) is 15.8. The molecule has 7 nitrogen and oxygen atoms in total. The average Bonchev–Trinajstić information content (AvgIpc) is 3.13. The molecule has 3 aromatic rings. The quantitative estimate of drug-likeness (QED) is 0.528. The van der Waals surface area contributed by atoms with Gasteiger partial charge in [0.1, 0.15) is 0 Å². The van der Waals surface area contributed by atoms with Crippen molar-refractivity contribution in [3.8, 4) is 0 Å². The highest BCUT2D eigenvalue weighted by atomic mass is 32.2. The van der Waals surface area contributed by atoms with Crippen LogP contribution in [0.2, 0.25) is 0 Å². The number of nitrogens with zero attached hydrogens (tertiary/aromatic N) is 2. The van der Waals surface area contributed by atoms with Crippen LogP contribution in [-0.2, 0) is 22.4 Å². The summed E-state index contributed by atoms with van der Waals surface area (Å²) in [5, 5.41) is 5.96. The van der Waals surface area contributed by atoms with Crippen LogP contribution in [0.5, 0.6) is 0 Å². The second kappa shape index (κ2) is 8.33. The highest BCUT2D eigenvalue weighted by Crippen LogP contribution is 2.36. The molecule has 0 bridgehead atoms. The standard InChI is InChI=1S/C18H14F6N4O3S/c19-17(20,21)12-7-11(8-13(9-12)18(22,23)24)16(29)25-4-6-32(30,31)27-14-2-5-28-15(10-14)1-3-26-28/h1-3,5,7-10,27H,4,6H2,(H,25,29). The molecule has 0 unspecified atom stereocenters. The fourth-order valence-electron chi connectivity index (χ4n) is 2.70. The van der Waals surface area contributed by atoms with Gasteiger partial charge in [0.15, 0.2) is 0 Å². The average molecular weight is 480 g/mol. The van der Waals surface area contributed by atoms with Crippen molar-refractivity contribution in [2.45, 2.75) is 12.4 Å². The van der Waals surface area contributed by atoms with Crippen molar-refractivity contribution < 1.29 is 39.6 Å². The van der Waals surface area contributed by atoms with Gasteiger partial charge in [-0.25, -0.2) is 12.9 Å². The summed E-state index contributed by atoms with van der Waals surface area (Å²) in [7, 11) is -3.98. The molecule has 0 atom stereocenters. The number of benzene rings is 1. The van der Waals surface area contributed by atoms with E-state index in [0.717, 1.165) is 0 Å². The zero-order valence-corrected chi connectivity index (χ0v) is 16.6. The van der Waals surface area contributed by atoms with E-state index in [4.69, 9.17) is 0 Å². The van der Waals surface area contributed by atoms with Gasteiger partial charge in [0, 0.05) is 24.5 Å². The van der Waals surface area contributed by atoms with Gasteiger partial charge in [-0.1, -0.05) is 0 Å². The first-order valence-corrected chi connectivity index (χ1v) is 10.4. The molecule has 0 saturated heterocycles. The molecule has 2 heterocycles. The molecule has 14 heteroatoms. The number of amides is 1. The minimum absolute atomic E-state index is 0.109. The van der Waals surface area contributed by atoms with Crippen LogP contribution in [0, 0.1) is 0 Å². The summed E-state index contributed by atoms with van der Waals surface area (Å²) in [6.45, 7) is -0.555. The van der Waals surface area contributed by atoms with E-state index < -0.39 is 57.3 Å². The van der Waals surface area contributed by atoms with E-state index in [1.807, 2.05) is 5.32 Å². The third-order valence-corrected chi connectivity index (χ3v) is 5.47. The van der Waals surface area contributed by atoms with Gasteiger partial charge < -0.3 is 5.32 Å². The van der Waals surface area contributed by atoms with Crippen LogP contribution >= 0.6 is 0 Å². The third kappa shape index (κ3) is 5.69. The van der Waals surface area contributed by atoms with Crippen molar-refractivity contribution in [1.82, 2.24) is 14.9 Å². The van der Waals surface area contributed by atoms with Crippen LogP contribution in [-0.4, -0.2) is 36.2 Å². The molecule has 2 N–H and O–H groups in total. The SMILES string of the molecule is O=C(NCCS(=O)(=O)Nc1ccn2nccc2c1)c1cc(C(F)(F)F)cc(C(F)(F)F)c1. The van der Waals surface area contributed by atoms with Crippen LogP contribution in [0.3, 0.4) is 0 Å². The van der Waals surface area contributed by atoms with Crippen LogP contribution in [0.15, 0.2) is 48.8 Å². The van der Waals surface area contributed by atoms with Crippen molar-refractivity contribution in [2.75, 3.05) is 17.0 Å². The summed E-state index contributed by atoms with van der Waals surface area (Å²) in [6.07, 6.45) is -7.22. The van der Waals surface area contributed by atoms with Gasteiger partial charge in [-0.3, -0.25) is 9.52 Å². The molecule has 1 amide bonds. The second-order valence-electron chi connectivity index (χ2n) is 6.59. The normalized spacial score (nSPS) is 12.7. The molecule has 0 aliphatic rings. The summed E-state index contributed by atoms with van der Waals surface area (Å²) >= 11 is 0. The van der Waals surface area contributed by atoms with Crippen molar-refractivity contribution in [2.24, 2.45) is 0 Å². The maximum absolute atomic E-state index is 12.9. The first kappa shape index (κ1) is 23.4. The van der Waals surface area contributed by atoms with Crippen molar-refractivity contribution in [3.63, 3.8) is 0 Å². The first-order chi connectivity index (χ1) is 14.7. The van der Waals surface area contributed by atoms with Gasteiger partial charge in [-0.2, -0.15) is 31.4 Å². The Balaban J connectivity index is 1.68. The van der Waals surface area contributed by atoms with Crippen LogP contribution < -0.4 is 10.0 Å². The number of aromatic nitrogens is 2. The molecule has 0 aliphatic carbocycles. The van der Waals surface area contributed by atoms with Gasteiger partial charge in [-0.15, -0.1) is 0 Å². The van der Waals surface area contributed by atoms with E-state index in [1.54, 1.807) is 6.07 Å². The van der Waals surface area contributed by atoms with E-state index in [-0.39, 0.29) is 23.9 Å². The number of pyridine rings is 1. The molecule has 0 fully saturated rings. The number of hydrogen-bond donors (Lipinski definition) is 2. The molecule has 0 radical (unpaired) electrons. The monoisotopic (exact) mass is 480 g/mol. The Morgan fingerprint density at radius 1 is 0.969 bits per heavy atom. The van der Waals surface area contributed by atoms with Crippen molar-refractivity contribution in [3.05, 3.63) is 65.5 Å². The molecular formula is C18H14F6N4O3S. The lowest BCUT2D eigenvalue weighted by molar-refractivity contribution is -0.143. The Labute approximate surface area is 177 Å². The summed E-state index contributed by atoms with van der Waals surface area (Å²) < 4.78 is 106. The lowest BCUT2D eigenvalue weighted by Gasteiger charge is -2.14. The van der Waals surface area contributed by atoms with Gasteiger partial charge in [0.2, 0.25) is 10.0 Å². The number of carbonyl (C=O) groups is 1. The Morgan fingerprint density at radius 3 is 2.19 bits per heavy atom. The van der Waals surface area contributed by atoms with E-state index in [2.05, 4.69) is 9.82 Å². The molecule has 1 aromatic carbocycles. The predicted molar refractivity (Wildman–Crippen MR) is 101 cm³/mol. The molecule has 172 valence electrons. The Morgan fingerprint density at radius 2 is 1.59 bits per heavy atom. The van der Waals surface area contributed by atoms with E-state index in [1.165, 1.54) is 29.0 Å². The van der Waals surface area contributed by atoms with Crippen molar-refractivity contribution >= 4 is 27.1 Å². The van der Waals surface area contributed by atoms with Crippen LogP contribution in [0.1, 0.15) is 21.5 Å². The number of rotatable bonds is 6. The Kier molecular flexibility index (Phi) is 6.09. The van der Waals surface area contributed by atoms with Gasteiger partial charge >= 0.3 is 12.4 Å². The number of alkyl halides is 6. The summed E-state index contributed by atoms with van der Waals surface area (Å²) in [5.74, 6) is -1.95. The van der Waals surface area contributed by atoms with Gasteiger partial charge in [0.25, 0.3) is 5.91 Å².